The number of carbonyl (C=O) groups excluding carboxylic acids is 2. The van der Waals surface area contributed by atoms with Gasteiger partial charge in [0.05, 0.1) is 27.4 Å². The van der Waals surface area contributed by atoms with Crippen molar-refractivity contribution >= 4 is 11.9 Å². The number of carbonyl (C=O) groups is 2. The van der Waals surface area contributed by atoms with E-state index in [1.165, 1.54) is 6.42 Å². The first kappa shape index (κ1) is 36.1. The van der Waals surface area contributed by atoms with E-state index in [0.29, 0.717) is 75.2 Å². The number of rotatable bonds is 18. The van der Waals surface area contributed by atoms with Crippen LogP contribution in [-0.4, -0.2) is 63.4 Å². The largest absolute Gasteiger partial charge is 0.493 e. The van der Waals surface area contributed by atoms with Gasteiger partial charge in [-0.15, -0.1) is 13.2 Å². The molecule has 0 radical (unpaired) electrons. The first-order chi connectivity index (χ1) is 23.0. The summed E-state index contributed by atoms with van der Waals surface area (Å²) in [4.78, 5) is 30.0. The summed E-state index contributed by atoms with van der Waals surface area (Å²) in [6.45, 7) is 9.49. The molecule has 0 N–H and O–H groups in total. The Bertz CT molecular complexity index is 1300. The van der Waals surface area contributed by atoms with Crippen molar-refractivity contribution in [1.29, 1.82) is 0 Å². The number of benzene rings is 2. The molecule has 0 spiro atoms. The number of methoxy groups -OCH3 is 2. The molecule has 256 valence electrons. The monoisotopic (exact) mass is 647 g/mol. The number of allylic oxidation sites excluding steroid dienone is 1. The number of nitrogens with zero attached hydrogens (tertiary/aromatic N) is 1. The molecule has 1 amide bonds. The van der Waals surface area contributed by atoms with Crippen molar-refractivity contribution in [1.82, 2.24) is 4.90 Å². The molecule has 2 aromatic rings. The van der Waals surface area contributed by atoms with E-state index in [1.807, 2.05) is 53.4 Å². The summed E-state index contributed by atoms with van der Waals surface area (Å²) in [5.41, 5.74) is 1.87. The molecule has 1 saturated carbocycles. The Morgan fingerprint density at radius 2 is 1.70 bits per heavy atom. The molecule has 8 nitrogen and oxygen atoms in total. The summed E-state index contributed by atoms with van der Waals surface area (Å²) in [5, 5.41) is 0. The van der Waals surface area contributed by atoms with Crippen LogP contribution in [-0.2, 0) is 25.5 Å². The van der Waals surface area contributed by atoms with Crippen LogP contribution in [0, 0.1) is 11.8 Å². The lowest BCUT2D eigenvalue weighted by Crippen LogP contribution is -2.52. The normalized spacial score (nSPS) is 18.1. The maximum absolute atomic E-state index is 14.1. The lowest BCUT2D eigenvalue weighted by Gasteiger charge is -2.39. The Morgan fingerprint density at radius 3 is 2.45 bits per heavy atom. The van der Waals surface area contributed by atoms with Crippen molar-refractivity contribution in [2.75, 3.05) is 40.6 Å². The fraction of sp³-hybridized carbons (Fsp3) is 0.538. The zero-order chi connectivity index (χ0) is 33.4. The molecule has 8 heteroatoms. The highest BCUT2D eigenvalue weighted by atomic mass is 16.5. The predicted molar refractivity (Wildman–Crippen MR) is 184 cm³/mol. The van der Waals surface area contributed by atoms with E-state index < -0.39 is 12.1 Å². The first-order valence-corrected chi connectivity index (χ1v) is 17.2. The van der Waals surface area contributed by atoms with Crippen molar-refractivity contribution in [3.8, 4) is 17.2 Å². The molecule has 4 rings (SSSR count). The molecule has 3 atom stereocenters. The molecule has 1 heterocycles. The molecule has 2 fully saturated rings. The number of esters is 1. The van der Waals surface area contributed by atoms with Gasteiger partial charge in [-0.1, -0.05) is 49.6 Å². The van der Waals surface area contributed by atoms with Crippen LogP contribution in [0.25, 0.3) is 0 Å². The van der Waals surface area contributed by atoms with E-state index in [1.54, 1.807) is 20.3 Å². The van der Waals surface area contributed by atoms with Crippen LogP contribution < -0.4 is 14.2 Å². The van der Waals surface area contributed by atoms with Crippen LogP contribution in [0.1, 0.15) is 81.4 Å². The van der Waals surface area contributed by atoms with E-state index >= 15 is 0 Å². The third-order valence-electron chi connectivity index (χ3n) is 9.38. The van der Waals surface area contributed by atoms with E-state index in [2.05, 4.69) is 13.2 Å². The van der Waals surface area contributed by atoms with Crippen LogP contribution in [0.5, 0.6) is 17.2 Å². The first-order valence-electron chi connectivity index (χ1n) is 17.2. The SMILES string of the molecule is C=CCOCCOc1cccc([C@H](CCc2ccc(OC)c(OC)c2)OC(=O)[C@@H]2CCCCN2C(=O)[C@H](CC=C)C2CCCCC2)c1. The van der Waals surface area contributed by atoms with Gasteiger partial charge in [-0.3, -0.25) is 4.79 Å². The van der Waals surface area contributed by atoms with E-state index in [4.69, 9.17) is 23.7 Å². The predicted octanol–water partition coefficient (Wildman–Crippen LogP) is 7.66. The maximum Gasteiger partial charge on any atom is 0.329 e. The zero-order valence-corrected chi connectivity index (χ0v) is 28.3. The number of piperidine rings is 1. The quantitative estimate of drug-likeness (QED) is 0.0934. The molecule has 0 aromatic heterocycles. The van der Waals surface area contributed by atoms with Gasteiger partial charge in [-0.05, 0) is 92.7 Å². The number of ether oxygens (including phenoxy) is 5. The smallest absolute Gasteiger partial charge is 0.329 e. The molecular formula is C39H53NO7. The van der Waals surface area contributed by atoms with Gasteiger partial charge in [0.25, 0.3) is 0 Å². The van der Waals surface area contributed by atoms with Crippen molar-refractivity contribution in [2.45, 2.75) is 82.8 Å². The summed E-state index contributed by atoms with van der Waals surface area (Å²) in [6, 6.07) is 12.9. The summed E-state index contributed by atoms with van der Waals surface area (Å²) >= 11 is 0. The summed E-state index contributed by atoms with van der Waals surface area (Å²) in [6.07, 6.45) is 12.9. The van der Waals surface area contributed by atoms with Gasteiger partial charge in [-0.25, -0.2) is 4.79 Å². The molecule has 1 aliphatic heterocycles. The highest BCUT2D eigenvalue weighted by molar-refractivity contribution is 5.86. The molecule has 2 aliphatic rings. The Labute approximate surface area is 281 Å². The van der Waals surface area contributed by atoms with Crippen molar-refractivity contribution in [3.05, 3.63) is 78.9 Å². The standard InChI is InChI=1S/C39H53NO7/c1-5-13-33(30-14-8-7-9-15-30)38(41)40-23-11-10-18-34(40)39(42)47-35(21-19-29-20-22-36(43-3)37(27-29)44-4)31-16-12-17-32(28-31)46-26-25-45-24-6-2/h5-6,12,16-17,20,22,27-28,30,33-35H,1-2,7-11,13-15,18-19,21,23-26H2,3-4H3/t33-,34+,35+/m1/s1. The maximum atomic E-state index is 14.1. The van der Waals surface area contributed by atoms with Gasteiger partial charge in [-0.2, -0.15) is 0 Å². The Balaban J connectivity index is 1.54. The average Bonchev–Trinajstić information content (AvgIpc) is 3.12. The molecule has 0 bridgehead atoms. The van der Waals surface area contributed by atoms with Crippen molar-refractivity contribution in [3.63, 3.8) is 0 Å². The van der Waals surface area contributed by atoms with Crippen LogP contribution >= 0.6 is 0 Å². The minimum Gasteiger partial charge on any atom is -0.493 e. The third kappa shape index (κ3) is 10.4. The zero-order valence-electron chi connectivity index (χ0n) is 28.3. The molecular weight excluding hydrogens is 594 g/mol. The van der Waals surface area contributed by atoms with Gasteiger partial charge in [0.1, 0.15) is 24.5 Å². The van der Waals surface area contributed by atoms with Gasteiger partial charge in [0.15, 0.2) is 11.5 Å². The minimum atomic E-state index is -0.600. The van der Waals surface area contributed by atoms with Crippen LogP contribution in [0.3, 0.4) is 0 Å². The number of aryl methyl sites for hydroxylation is 1. The average molecular weight is 648 g/mol. The van der Waals surface area contributed by atoms with Crippen LogP contribution in [0.2, 0.25) is 0 Å². The fourth-order valence-electron chi connectivity index (χ4n) is 6.90. The number of amides is 1. The highest BCUT2D eigenvalue weighted by Gasteiger charge is 2.39. The van der Waals surface area contributed by atoms with Gasteiger partial charge >= 0.3 is 5.97 Å². The highest BCUT2D eigenvalue weighted by Crippen LogP contribution is 2.36. The minimum absolute atomic E-state index is 0.0781. The van der Waals surface area contributed by atoms with Gasteiger partial charge in [0.2, 0.25) is 5.91 Å². The van der Waals surface area contributed by atoms with Crippen molar-refractivity contribution < 1.29 is 33.3 Å². The topological polar surface area (TPSA) is 83.5 Å². The number of hydrogen-bond acceptors (Lipinski definition) is 7. The van der Waals surface area contributed by atoms with Crippen molar-refractivity contribution in [2.24, 2.45) is 11.8 Å². The number of hydrogen-bond donors (Lipinski definition) is 0. The second-order valence-electron chi connectivity index (χ2n) is 12.5. The van der Waals surface area contributed by atoms with Gasteiger partial charge in [0, 0.05) is 12.5 Å². The molecule has 47 heavy (non-hydrogen) atoms. The third-order valence-corrected chi connectivity index (χ3v) is 9.38. The second kappa shape index (κ2) is 19.1. The summed E-state index contributed by atoms with van der Waals surface area (Å²) in [7, 11) is 3.23. The lowest BCUT2D eigenvalue weighted by molar-refractivity contribution is -0.164. The van der Waals surface area contributed by atoms with Gasteiger partial charge < -0.3 is 28.6 Å². The second-order valence-corrected chi connectivity index (χ2v) is 12.5. The number of likely N-dealkylation sites (tertiary alicyclic amines) is 1. The van der Waals surface area contributed by atoms with E-state index in [0.717, 1.165) is 49.7 Å². The lowest BCUT2D eigenvalue weighted by atomic mass is 9.77. The Hall–Kier alpha value is -3.78. The Kier molecular flexibility index (Phi) is 14.7. The van der Waals surface area contributed by atoms with E-state index in [9.17, 15) is 9.59 Å². The van der Waals surface area contributed by atoms with Crippen LogP contribution in [0.15, 0.2) is 67.8 Å². The molecule has 1 saturated heterocycles. The molecule has 2 aromatic carbocycles. The fourth-order valence-corrected chi connectivity index (χ4v) is 6.90. The Morgan fingerprint density at radius 1 is 0.915 bits per heavy atom. The summed E-state index contributed by atoms with van der Waals surface area (Å²) < 4.78 is 28.7. The van der Waals surface area contributed by atoms with Crippen LogP contribution in [0.4, 0.5) is 0 Å². The molecule has 1 aliphatic carbocycles. The van der Waals surface area contributed by atoms with E-state index in [-0.39, 0.29) is 17.8 Å². The summed E-state index contributed by atoms with van der Waals surface area (Å²) in [5.74, 6) is 1.92. The molecule has 0 unspecified atom stereocenters.